The van der Waals surface area contributed by atoms with Gasteiger partial charge in [-0.1, -0.05) is 24.3 Å². The van der Waals surface area contributed by atoms with Crippen LogP contribution in [0.5, 0.6) is 0 Å². The van der Waals surface area contributed by atoms with Gasteiger partial charge in [-0.15, -0.1) is 0 Å². The van der Waals surface area contributed by atoms with Gasteiger partial charge >= 0.3 is 0 Å². The molecule has 2 aliphatic rings. The summed E-state index contributed by atoms with van der Waals surface area (Å²) in [6.07, 6.45) is 1.63. The molecule has 1 heterocycles. The minimum absolute atomic E-state index is 0.503. The highest BCUT2D eigenvalue weighted by molar-refractivity contribution is 7.87. The van der Waals surface area contributed by atoms with E-state index in [4.69, 9.17) is 0 Å². The molecule has 1 aliphatic carbocycles. The van der Waals surface area contributed by atoms with Gasteiger partial charge in [0.2, 0.25) is 0 Å². The Morgan fingerprint density at radius 3 is 2.63 bits per heavy atom. The summed E-state index contributed by atoms with van der Waals surface area (Å²) in [5, 5.41) is 10.1. The monoisotopic (exact) mass is 282 g/mol. The Balaban J connectivity index is 1.83. The third-order valence-corrected chi connectivity index (χ3v) is 5.48. The molecule has 5 nitrogen and oxygen atoms in total. The molecule has 0 unspecified atom stereocenters. The lowest BCUT2D eigenvalue weighted by atomic mass is 10.1. The van der Waals surface area contributed by atoms with Crippen molar-refractivity contribution in [3.63, 3.8) is 0 Å². The maximum Gasteiger partial charge on any atom is 0.280 e. The number of nitrogens with one attached hydrogen (secondary N) is 1. The lowest BCUT2D eigenvalue weighted by molar-refractivity contribution is 0.150. The van der Waals surface area contributed by atoms with Gasteiger partial charge in [0, 0.05) is 19.5 Å². The summed E-state index contributed by atoms with van der Waals surface area (Å²) in [5.74, 6) is 0. The van der Waals surface area contributed by atoms with Gasteiger partial charge < -0.3 is 5.11 Å². The van der Waals surface area contributed by atoms with Crippen LogP contribution in [0.15, 0.2) is 24.3 Å². The van der Waals surface area contributed by atoms with Crippen molar-refractivity contribution in [3.05, 3.63) is 35.4 Å². The molecule has 0 radical (unpaired) electrons. The molecule has 1 saturated heterocycles. The number of aliphatic hydroxyl groups excluding tert-OH is 1. The van der Waals surface area contributed by atoms with Crippen molar-refractivity contribution in [2.24, 2.45) is 0 Å². The van der Waals surface area contributed by atoms with Crippen molar-refractivity contribution >= 4 is 10.2 Å². The van der Waals surface area contributed by atoms with E-state index in [1.807, 2.05) is 24.3 Å². The molecule has 3 rings (SSSR count). The molecule has 1 fully saturated rings. The van der Waals surface area contributed by atoms with Gasteiger partial charge in [0.15, 0.2) is 0 Å². The van der Waals surface area contributed by atoms with Crippen LogP contribution in [0.1, 0.15) is 30.0 Å². The van der Waals surface area contributed by atoms with Gasteiger partial charge in [0.25, 0.3) is 10.2 Å². The van der Waals surface area contributed by atoms with Gasteiger partial charge in [-0.05, 0) is 24.0 Å². The highest BCUT2D eigenvalue weighted by Crippen LogP contribution is 2.32. The van der Waals surface area contributed by atoms with Gasteiger partial charge in [-0.3, -0.25) is 0 Å². The van der Waals surface area contributed by atoms with Gasteiger partial charge in [-0.2, -0.15) is 17.4 Å². The van der Waals surface area contributed by atoms with Gasteiger partial charge in [0.05, 0.1) is 12.1 Å². The second-order valence-electron chi connectivity index (χ2n) is 5.18. The SMILES string of the molecule is O=S(=O)(N[C@H]1c2ccccc2C[C@H]1O)N1CCCC1. The number of hydrogen-bond donors (Lipinski definition) is 2. The maximum absolute atomic E-state index is 12.2. The Kier molecular flexibility index (Phi) is 3.34. The zero-order valence-electron chi connectivity index (χ0n) is 10.6. The molecule has 0 amide bonds. The van der Waals surface area contributed by atoms with Crippen LogP contribution in [-0.4, -0.2) is 37.0 Å². The highest BCUT2D eigenvalue weighted by atomic mass is 32.2. The normalized spacial score (nSPS) is 27.6. The molecule has 0 saturated carbocycles. The van der Waals surface area contributed by atoms with Crippen LogP contribution >= 0.6 is 0 Å². The number of hydrogen-bond acceptors (Lipinski definition) is 3. The number of aliphatic hydroxyl groups is 1. The number of fused-ring (bicyclic) bond motifs is 1. The first kappa shape index (κ1) is 13.1. The molecule has 1 aliphatic heterocycles. The lowest BCUT2D eigenvalue weighted by Crippen LogP contribution is -2.43. The number of nitrogens with zero attached hydrogens (tertiary/aromatic N) is 1. The summed E-state index contributed by atoms with van der Waals surface area (Å²) >= 11 is 0. The van der Waals surface area contributed by atoms with Gasteiger partial charge in [0.1, 0.15) is 0 Å². The van der Waals surface area contributed by atoms with E-state index < -0.39 is 22.4 Å². The second-order valence-corrected chi connectivity index (χ2v) is 6.88. The van der Waals surface area contributed by atoms with E-state index in [1.54, 1.807) is 0 Å². The summed E-state index contributed by atoms with van der Waals surface area (Å²) in [5.41, 5.74) is 1.90. The van der Waals surface area contributed by atoms with E-state index in [0.717, 1.165) is 24.0 Å². The summed E-state index contributed by atoms with van der Waals surface area (Å²) in [6, 6.07) is 7.06. The van der Waals surface area contributed by atoms with Crippen LogP contribution in [0.2, 0.25) is 0 Å². The Labute approximate surface area is 113 Å². The highest BCUT2D eigenvalue weighted by Gasteiger charge is 2.36. The fourth-order valence-corrected chi connectivity index (χ4v) is 4.37. The molecule has 0 aromatic heterocycles. The van der Waals surface area contributed by atoms with Crippen molar-refractivity contribution in [2.45, 2.75) is 31.4 Å². The van der Waals surface area contributed by atoms with Crippen molar-refractivity contribution in [1.82, 2.24) is 9.03 Å². The summed E-state index contributed by atoms with van der Waals surface area (Å²) in [7, 11) is -3.50. The van der Waals surface area contributed by atoms with Gasteiger partial charge in [-0.25, -0.2) is 0 Å². The molecule has 1 aromatic rings. The largest absolute Gasteiger partial charge is 0.391 e. The summed E-state index contributed by atoms with van der Waals surface area (Å²) in [4.78, 5) is 0. The molecule has 19 heavy (non-hydrogen) atoms. The minimum Gasteiger partial charge on any atom is -0.391 e. The smallest absolute Gasteiger partial charge is 0.280 e. The van der Waals surface area contributed by atoms with Crippen LogP contribution in [0.4, 0.5) is 0 Å². The Morgan fingerprint density at radius 1 is 1.21 bits per heavy atom. The fraction of sp³-hybridized carbons (Fsp3) is 0.538. The number of benzene rings is 1. The quantitative estimate of drug-likeness (QED) is 0.852. The van der Waals surface area contributed by atoms with Crippen LogP contribution < -0.4 is 4.72 Å². The molecule has 2 N–H and O–H groups in total. The van der Waals surface area contributed by atoms with Crippen LogP contribution in [0.25, 0.3) is 0 Å². The molecule has 1 aromatic carbocycles. The second kappa shape index (κ2) is 4.86. The molecule has 6 heteroatoms. The Morgan fingerprint density at radius 2 is 1.89 bits per heavy atom. The zero-order chi connectivity index (χ0) is 13.5. The van der Waals surface area contributed by atoms with E-state index in [-0.39, 0.29) is 0 Å². The van der Waals surface area contributed by atoms with Crippen molar-refractivity contribution < 1.29 is 13.5 Å². The molecular formula is C13H18N2O3S. The fourth-order valence-electron chi connectivity index (χ4n) is 2.88. The average molecular weight is 282 g/mol. The third kappa shape index (κ3) is 2.41. The first-order chi connectivity index (χ1) is 9.08. The first-order valence-corrected chi connectivity index (χ1v) is 8.05. The minimum atomic E-state index is -3.50. The van der Waals surface area contributed by atoms with E-state index in [0.29, 0.717) is 19.5 Å². The van der Waals surface area contributed by atoms with Crippen LogP contribution in [0.3, 0.4) is 0 Å². The molecule has 104 valence electrons. The Bertz CT molecular complexity index is 567. The molecule has 2 atom stereocenters. The van der Waals surface area contributed by atoms with E-state index in [2.05, 4.69) is 4.72 Å². The Hall–Kier alpha value is -0.950. The van der Waals surface area contributed by atoms with E-state index >= 15 is 0 Å². The van der Waals surface area contributed by atoms with E-state index in [9.17, 15) is 13.5 Å². The molecule has 0 spiro atoms. The average Bonchev–Trinajstić information content (AvgIpc) is 2.99. The van der Waals surface area contributed by atoms with Crippen molar-refractivity contribution in [3.8, 4) is 0 Å². The number of rotatable bonds is 3. The molecule has 0 bridgehead atoms. The lowest BCUT2D eigenvalue weighted by Gasteiger charge is -2.22. The molecular weight excluding hydrogens is 264 g/mol. The summed E-state index contributed by atoms with van der Waals surface area (Å²) in [6.45, 7) is 1.14. The predicted molar refractivity (Wildman–Crippen MR) is 71.8 cm³/mol. The first-order valence-electron chi connectivity index (χ1n) is 6.61. The van der Waals surface area contributed by atoms with Crippen molar-refractivity contribution in [2.75, 3.05) is 13.1 Å². The van der Waals surface area contributed by atoms with Crippen molar-refractivity contribution in [1.29, 1.82) is 0 Å². The summed E-state index contributed by atoms with van der Waals surface area (Å²) < 4.78 is 28.6. The maximum atomic E-state index is 12.2. The topological polar surface area (TPSA) is 69.6 Å². The standard InChI is InChI=1S/C13H18N2O3S/c16-12-9-10-5-1-2-6-11(10)13(12)14-19(17,18)15-7-3-4-8-15/h1-2,5-6,12-14,16H,3-4,7-9H2/t12-,13+/m1/s1. The van der Waals surface area contributed by atoms with Crippen LogP contribution in [-0.2, 0) is 16.6 Å². The third-order valence-electron chi connectivity index (χ3n) is 3.88. The van der Waals surface area contributed by atoms with E-state index in [1.165, 1.54) is 4.31 Å². The van der Waals surface area contributed by atoms with Crippen LogP contribution in [0, 0.1) is 0 Å². The zero-order valence-corrected chi connectivity index (χ0v) is 11.4. The predicted octanol–water partition coefficient (Wildman–Crippen LogP) is 0.575.